The van der Waals surface area contributed by atoms with Gasteiger partial charge in [0.1, 0.15) is 0 Å². The Kier molecular flexibility index (Phi) is 7.02. The number of nitrogens with one attached hydrogen (secondary N) is 1. The van der Waals surface area contributed by atoms with Crippen LogP contribution in [0.4, 0.5) is 0 Å². The highest BCUT2D eigenvalue weighted by Crippen LogP contribution is 2.20. The fourth-order valence-corrected chi connectivity index (χ4v) is 3.60. The normalized spacial score (nSPS) is 25.6. The van der Waals surface area contributed by atoms with Crippen LogP contribution in [0.2, 0.25) is 0 Å². The fourth-order valence-electron chi connectivity index (χ4n) is 3.60. The van der Waals surface area contributed by atoms with Crippen molar-refractivity contribution in [2.75, 3.05) is 19.6 Å². The number of rotatable bonds is 4. The van der Waals surface area contributed by atoms with Gasteiger partial charge in [0.15, 0.2) is 0 Å². The monoisotopic (exact) mass is 291 g/mol. The third-order valence-electron chi connectivity index (χ3n) is 4.87. The molecule has 2 fully saturated rings. The molecule has 0 spiro atoms. The summed E-state index contributed by atoms with van der Waals surface area (Å²) < 4.78 is 0. The molecule has 1 heterocycles. The Morgan fingerprint density at radius 1 is 1.10 bits per heavy atom. The molecule has 0 bridgehead atoms. The lowest BCUT2D eigenvalue weighted by atomic mass is 9.94. The number of piperidine rings is 1. The van der Waals surface area contributed by atoms with Gasteiger partial charge < -0.3 is 10.2 Å². The molecule has 4 heteroatoms. The van der Waals surface area contributed by atoms with E-state index in [9.17, 15) is 4.79 Å². The smallest absolute Gasteiger partial charge is 0.224 e. The van der Waals surface area contributed by atoms with Gasteiger partial charge in [0.2, 0.25) is 5.91 Å². The zero-order valence-corrected chi connectivity index (χ0v) is 13.1. The quantitative estimate of drug-likeness (QED) is 0.866. The van der Waals surface area contributed by atoms with E-state index in [2.05, 4.69) is 16.3 Å². The average molecular weight is 291 g/mol. The highest BCUT2D eigenvalue weighted by molar-refractivity contribution is 5.79. The molecule has 0 aromatic carbocycles. The zero-order valence-electron chi connectivity index (χ0n) is 13.1. The summed E-state index contributed by atoms with van der Waals surface area (Å²) in [5, 5.41) is 12.0. The van der Waals surface area contributed by atoms with Crippen molar-refractivity contribution in [1.29, 1.82) is 5.26 Å². The standard InChI is InChI=1S/C17H29N3O/c18-11-7-13-20-12-6-8-15(14-20)17(21)19-16-9-4-2-1-3-5-10-16/h15-16H,1-10,12-14H2,(H,19,21). The third kappa shape index (κ3) is 5.67. The fraction of sp³-hybridized carbons (Fsp3) is 0.882. The van der Waals surface area contributed by atoms with Gasteiger partial charge in [-0.15, -0.1) is 0 Å². The van der Waals surface area contributed by atoms with Crippen molar-refractivity contribution in [3.8, 4) is 6.07 Å². The van der Waals surface area contributed by atoms with Crippen LogP contribution in [0.15, 0.2) is 0 Å². The molecule has 1 unspecified atom stereocenters. The molecule has 1 atom stereocenters. The Balaban J connectivity index is 1.77. The molecule has 0 aromatic rings. The first-order valence-corrected chi connectivity index (χ1v) is 8.69. The van der Waals surface area contributed by atoms with Crippen LogP contribution in [0.25, 0.3) is 0 Å². The van der Waals surface area contributed by atoms with Crippen LogP contribution >= 0.6 is 0 Å². The molecule has 2 aliphatic rings. The number of likely N-dealkylation sites (tertiary alicyclic amines) is 1. The summed E-state index contributed by atoms with van der Waals surface area (Å²) in [6.45, 7) is 2.68. The van der Waals surface area contributed by atoms with Crippen molar-refractivity contribution in [3.05, 3.63) is 0 Å². The first-order chi connectivity index (χ1) is 10.3. The Bertz CT molecular complexity index is 356. The van der Waals surface area contributed by atoms with E-state index in [1.165, 1.54) is 32.1 Å². The van der Waals surface area contributed by atoms with Crippen molar-refractivity contribution in [2.24, 2.45) is 5.92 Å². The first kappa shape index (κ1) is 16.3. The maximum Gasteiger partial charge on any atom is 0.224 e. The highest BCUT2D eigenvalue weighted by Gasteiger charge is 2.27. The van der Waals surface area contributed by atoms with Gasteiger partial charge in [-0.2, -0.15) is 5.26 Å². The molecule has 1 N–H and O–H groups in total. The lowest BCUT2D eigenvalue weighted by Gasteiger charge is -2.32. The number of amides is 1. The van der Waals surface area contributed by atoms with Gasteiger partial charge in [-0.1, -0.05) is 32.1 Å². The van der Waals surface area contributed by atoms with E-state index in [0.29, 0.717) is 12.5 Å². The van der Waals surface area contributed by atoms with E-state index < -0.39 is 0 Å². The van der Waals surface area contributed by atoms with Gasteiger partial charge in [-0.3, -0.25) is 4.79 Å². The van der Waals surface area contributed by atoms with Crippen molar-refractivity contribution in [1.82, 2.24) is 10.2 Å². The minimum atomic E-state index is 0.128. The summed E-state index contributed by atoms with van der Waals surface area (Å²) >= 11 is 0. The van der Waals surface area contributed by atoms with Crippen LogP contribution in [0.5, 0.6) is 0 Å². The summed E-state index contributed by atoms with van der Waals surface area (Å²) in [6, 6.07) is 2.59. The predicted octanol–water partition coefficient (Wildman–Crippen LogP) is 2.84. The molecule has 4 nitrogen and oxygen atoms in total. The lowest BCUT2D eigenvalue weighted by molar-refractivity contribution is -0.127. The summed E-state index contributed by atoms with van der Waals surface area (Å²) in [4.78, 5) is 14.8. The van der Waals surface area contributed by atoms with Crippen molar-refractivity contribution in [2.45, 2.75) is 70.3 Å². The van der Waals surface area contributed by atoms with E-state index in [-0.39, 0.29) is 11.8 Å². The number of nitriles is 1. The van der Waals surface area contributed by atoms with Crippen LogP contribution in [0.3, 0.4) is 0 Å². The van der Waals surface area contributed by atoms with Gasteiger partial charge in [-0.25, -0.2) is 0 Å². The van der Waals surface area contributed by atoms with Gasteiger partial charge >= 0.3 is 0 Å². The third-order valence-corrected chi connectivity index (χ3v) is 4.87. The Morgan fingerprint density at radius 3 is 2.52 bits per heavy atom. The second kappa shape index (κ2) is 9.04. The molecule has 1 aliphatic heterocycles. The highest BCUT2D eigenvalue weighted by atomic mass is 16.2. The number of nitrogens with zero attached hydrogens (tertiary/aromatic N) is 2. The number of hydrogen-bond donors (Lipinski definition) is 1. The van der Waals surface area contributed by atoms with E-state index in [4.69, 9.17) is 5.26 Å². The minimum absolute atomic E-state index is 0.128. The molecule has 1 amide bonds. The van der Waals surface area contributed by atoms with Gasteiger partial charge in [0, 0.05) is 25.6 Å². The van der Waals surface area contributed by atoms with Crippen LogP contribution in [0.1, 0.15) is 64.2 Å². The second-order valence-electron chi connectivity index (χ2n) is 6.60. The van der Waals surface area contributed by atoms with Gasteiger partial charge in [0.25, 0.3) is 0 Å². The predicted molar refractivity (Wildman–Crippen MR) is 83.6 cm³/mol. The topological polar surface area (TPSA) is 56.1 Å². The molecule has 1 saturated heterocycles. The number of carbonyl (C=O) groups excluding carboxylic acids is 1. The van der Waals surface area contributed by atoms with Gasteiger partial charge in [0.05, 0.1) is 12.0 Å². The molecule has 2 rings (SSSR count). The molecule has 0 aromatic heterocycles. The van der Waals surface area contributed by atoms with Crippen LogP contribution < -0.4 is 5.32 Å². The van der Waals surface area contributed by atoms with Crippen molar-refractivity contribution < 1.29 is 4.79 Å². The van der Waals surface area contributed by atoms with E-state index in [1.807, 2.05) is 0 Å². The summed E-state index contributed by atoms with van der Waals surface area (Å²) in [7, 11) is 0. The SMILES string of the molecule is N#CCCN1CCCC(C(=O)NC2CCCCCCC2)C1. The molecular weight excluding hydrogens is 262 g/mol. The summed E-state index contributed by atoms with van der Waals surface area (Å²) in [5.41, 5.74) is 0. The van der Waals surface area contributed by atoms with Crippen LogP contribution in [0, 0.1) is 17.2 Å². The van der Waals surface area contributed by atoms with Crippen molar-refractivity contribution in [3.63, 3.8) is 0 Å². The average Bonchev–Trinajstić information content (AvgIpc) is 2.48. The maximum atomic E-state index is 12.5. The number of hydrogen-bond acceptors (Lipinski definition) is 3. The van der Waals surface area contributed by atoms with Crippen LogP contribution in [-0.4, -0.2) is 36.5 Å². The zero-order chi connectivity index (χ0) is 14.9. The Hall–Kier alpha value is -1.08. The lowest BCUT2D eigenvalue weighted by Crippen LogP contribution is -2.46. The Labute approximate surface area is 128 Å². The molecule has 1 saturated carbocycles. The number of carbonyl (C=O) groups is 1. The van der Waals surface area contributed by atoms with E-state index >= 15 is 0 Å². The summed E-state index contributed by atoms with van der Waals surface area (Å²) in [5.74, 6) is 0.380. The molecule has 21 heavy (non-hydrogen) atoms. The van der Waals surface area contributed by atoms with Crippen LogP contribution in [-0.2, 0) is 4.79 Å². The van der Waals surface area contributed by atoms with Crippen molar-refractivity contribution >= 4 is 5.91 Å². The second-order valence-corrected chi connectivity index (χ2v) is 6.60. The molecule has 1 aliphatic carbocycles. The minimum Gasteiger partial charge on any atom is -0.353 e. The summed E-state index contributed by atoms with van der Waals surface area (Å²) in [6.07, 6.45) is 11.4. The Morgan fingerprint density at radius 2 is 1.81 bits per heavy atom. The van der Waals surface area contributed by atoms with E-state index in [1.54, 1.807) is 0 Å². The first-order valence-electron chi connectivity index (χ1n) is 8.69. The molecular formula is C17H29N3O. The molecule has 118 valence electrons. The van der Waals surface area contributed by atoms with Gasteiger partial charge in [-0.05, 0) is 32.2 Å². The largest absolute Gasteiger partial charge is 0.353 e. The van der Waals surface area contributed by atoms with E-state index in [0.717, 1.165) is 45.3 Å². The molecule has 0 radical (unpaired) electrons. The maximum absolute atomic E-state index is 12.5.